The lowest BCUT2D eigenvalue weighted by Gasteiger charge is -2.68. The maximum atomic E-state index is 14.2. The first-order valence-electron chi connectivity index (χ1n) is 13.6. The quantitative estimate of drug-likeness (QED) is 0.436. The molecule has 1 heterocycles. The third-order valence-electron chi connectivity index (χ3n) is 11.3. The summed E-state index contributed by atoms with van der Waals surface area (Å²) in [6, 6.07) is 6.33. The van der Waals surface area contributed by atoms with Crippen molar-refractivity contribution in [2.24, 2.45) is 51.8 Å². The van der Waals surface area contributed by atoms with Gasteiger partial charge in [-0.05, 0) is 92.4 Å². The minimum atomic E-state index is -0.747. The number of hydrogen-bond donors (Lipinski definition) is 2. The number of nitrogens with zero attached hydrogens (tertiary/aromatic N) is 1. The van der Waals surface area contributed by atoms with Gasteiger partial charge in [0.25, 0.3) is 0 Å². The molecule has 192 valence electrons. The van der Waals surface area contributed by atoms with E-state index in [1.165, 1.54) is 22.6 Å². The zero-order valence-corrected chi connectivity index (χ0v) is 21.7. The highest BCUT2D eigenvalue weighted by Crippen LogP contribution is 2.74. The van der Waals surface area contributed by atoms with Gasteiger partial charge in [-0.25, -0.2) is 0 Å². The summed E-state index contributed by atoms with van der Waals surface area (Å²) >= 11 is 0. The van der Waals surface area contributed by atoms with Gasteiger partial charge in [-0.3, -0.25) is 19.3 Å². The molecule has 36 heavy (non-hydrogen) atoms. The highest BCUT2D eigenvalue weighted by atomic mass is 16.4. The molecule has 3 saturated carbocycles. The Hall–Kier alpha value is -2.63. The zero-order valence-electron chi connectivity index (χ0n) is 21.7. The molecule has 4 fully saturated rings. The Labute approximate surface area is 212 Å². The number of carbonyl (C=O) groups is 3. The van der Waals surface area contributed by atoms with Crippen molar-refractivity contribution in [3.8, 4) is 5.75 Å². The molecule has 1 aliphatic heterocycles. The van der Waals surface area contributed by atoms with Crippen molar-refractivity contribution < 1.29 is 24.6 Å². The fourth-order valence-electron chi connectivity index (χ4n) is 9.81. The maximum Gasteiger partial charge on any atom is 0.309 e. The second kappa shape index (κ2) is 7.45. The molecule has 6 aliphatic rings. The van der Waals surface area contributed by atoms with Crippen LogP contribution in [0.1, 0.15) is 66.2 Å². The summed E-state index contributed by atoms with van der Waals surface area (Å²) in [6.07, 6.45) is 7.35. The van der Waals surface area contributed by atoms with E-state index >= 15 is 0 Å². The molecule has 1 saturated heterocycles. The van der Waals surface area contributed by atoms with Crippen molar-refractivity contribution >= 4 is 23.5 Å². The average molecular weight is 492 g/mol. The van der Waals surface area contributed by atoms with Crippen LogP contribution in [0.15, 0.2) is 35.9 Å². The molecule has 0 aromatic heterocycles. The average Bonchev–Trinajstić information content (AvgIpc) is 3.11. The van der Waals surface area contributed by atoms with E-state index in [9.17, 15) is 24.6 Å². The molecular weight excluding hydrogens is 454 g/mol. The summed E-state index contributed by atoms with van der Waals surface area (Å²) < 4.78 is 0. The first-order valence-corrected chi connectivity index (χ1v) is 13.6. The van der Waals surface area contributed by atoms with E-state index in [0.29, 0.717) is 18.0 Å². The molecule has 2 N–H and O–H groups in total. The van der Waals surface area contributed by atoms with Crippen LogP contribution in [0.3, 0.4) is 0 Å². The van der Waals surface area contributed by atoms with Crippen molar-refractivity contribution in [2.45, 2.75) is 66.2 Å². The van der Waals surface area contributed by atoms with E-state index < -0.39 is 22.7 Å². The van der Waals surface area contributed by atoms with Gasteiger partial charge in [0.05, 0.1) is 22.9 Å². The molecule has 0 radical (unpaired) electrons. The van der Waals surface area contributed by atoms with Crippen molar-refractivity contribution in [3.63, 3.8) is 0 Å². The molecule has 8 atom stereocenters. The molecule has 2 bridgehead atoms. The molecule has 7 rings (SSSR count). The summed E-state index contributed by atoms with van der Waals surface area (Å²) in [5.74, 6) is -1.04. The SMILES string of the molecule is CC(C)C1=C[C@@]23CC[C@@H]4[C@](C)(CCC[C@@]4(C)C(=O)O)[C@@H]2C[C@@H]1[C@H]1C(=O)N(c2ccc(O)cc2)C(=O)[C@H]13. The Morgan fingerprint density at radius 2 is 1.72 bits per heavy atom. The molecule has 6 nitrogen and oxygen atoms in total. The van der Waals surface area contributed by atoms with E-state index in [1.54, 1.807) is 12.1 Å². The van der Waals surface area contributed by atoms with E-state index in [-0.39, 0.29) is 46.7 Å². The Morgan fingerprint density at radius 3 is 2.36 bits per heavy atom. The molecule has 5 aliphatic carbocycles. The Bertz CT molecular complexity index is 1190. The van der Waals surface area contributed by atoms with E-state index in [4.69, 9.17) is 0 Å². The van der Waals surface area contributed by atoms with Gasteiger partial charge < -0.3 is 10.2 Å². The number of phenols is 1. The number of carboxylic acid groups (broad SMARTS) is 1. The summed E-state index contributed by atoms with van der Waals surface area (Å²) in [4.78, 5) is 42.0. The van der Waals surface area contributed by atoms with Crippen LogP contribution in [0, 0.1) is 51.8 Å². The van der Waals surface area contributed by atoms with Gasteiger partial charge in [-0.2, -0.15) is 0 Å². The van der Waals surface area contributed by atoms with Gasteiger partial charge in [0.15, 0.2) is 0 Å². The maximum absolute atomic E-state index is 14.2. The van der Waals surface area contributed by atoms with Crippen LogP contribution in [-0.4, -0.2) is 28.0 Å². The first kappa shape index (κ1) is 23.7. The number of benzene rings is 1. The number of aromatic hydroxyl groups is 1. The number of anilines is 1. The number of rotatable bonds is 3. The number of imide groups is 1. The smallest absolute Gasteiger partial charge is 0.309 e. The second-order valence-corrected chi connectivity index (χ2v) is 13.0. The Kier molecular flexibility index (Phi) is 4.92. The fraction of sp³-hybridized carbons (Fsp3) is 0.633. The van der Waals surface area contributed by atoms with Crippen LogP contribution in [0.2, 0.25) is 0 Å². The summed E-state index contributed by atoms with van der Waals surface area (Å²) in [6.45, 7) is 8.59. The summed E-state index contributed by atoms with van der Waals surface area (Å²) in [7, 11) is 0. The van der Waals surface area contributed by atoms with E-state index in [0.717, 1.165) is 32.1 Å². The van der Waals surface area contributed by atoms with Crippen molar-refractivity contribution in [1.82, 2.24) is 0 Å². The van der Waals surface area contributed by atoms with Gasteiger partial charge in [-0.15, -0.1) is 0 Å². The summed E-state index contributed by atoms with van der Waals surface area (Å²) in [5, 5.41) is 20.0. The minimum Gasteiger partial charge on any atom is -0.508 e. The zero-order chi connectivity index (χ0) is 25.8. The number of amides is 2. The lowest BCUT2D eigenvalue weighted by molar-refractivity contribution is -0.194. The van der Waals surface area contributed by atoms with Gasteiger partial charge in [-0.1, -0.05) is 38.8 Å². The highest BCUT2D eigenvalue weighted by molar-refractivity contribution is 6.23. The van der Waals surface area contributed by atoms with Gasteiger partial charge in [0, 0.05) is 5.41 Å². The van der Waals surface area contributed by atoms with Crippen molar-refractivity contribution in [3.05, 3.63) is 35.9 Å². The fourth-order valence-corrected chi connectivity index (χ4v) is 9.81. The van der Waals surface area contributed by atoms with Crippen LogP contribution < -0.4 is 4.90 Å². The van der Waals surface area contributed by atoms with Crippen LogP contribution >= 0.6 is 0 Å². The lowest BCUT2D eigenvalue weighted by atomic mass is 9.34. The molecule has 2 amide bonds. The van der Waals surface area contributed by atoms with Crippen molar-refractivity contribution in [2.75, 3.05) is 4.90 Å². The molecule has 1 aromatic rings. The first-order chi connectivity index (χ1) is 17.0. The van der Waals surface area contributed by atoms with Gasteiger partial charge in [0.2, 0.25) is 11.8 Å². The van der Waals surface area contributed by atoms with Crippen LogP contribution in [0.25, 0.3) is 0 Å². The molecule has 1 aromatic carbocycles. The normalized spacial score (nSPS) is 43.2. The Balaban J connectivity index is 1.49. The lowest BCUT2D eigenvalue weighted by Crippen LogP contribution is -2.65. The predicted octanol–water partition coefficient (Wildman–Crippen LogP) is 5.41. The topological polar surface area (TPSA) is 94.9 Å². The number of hydrogen-bond acceptors (Lipinski definition) is 4. The predicted molar refractivity (Wildman–Crippen MR) is 135 cm³/mol. The van der Waals surface area contributed by atoms with Crippen molar-refractivity contribution in [1.29, 1.82) is 0 Å². The third-order valence-corrected chi connectivity index (χ3v) is 11.3. The van der Waals surface area contributed by atoms with Gasteiger partial charge >= 0.3 is 5.97 Å². The molecular formula is C30H37NO5. The molecule has 6 heteroatoms. The Morgan fingerprint density at radius 1 is 1.03 bits per heavy atom. The van der Waals surface area contributed by atoms with Gasteiger partial charge in [0.1, 0.15) is 5.75 Å². The molecule has 0 unspecified atom stereocenters. The monoisotopic (exact) mass is 491 g/mol. The minimum absolute atomic E-state index is 0.00836. The number of allylic oxidation sites excluding steroid dienone is 2. The van der Waals surface area contributed by atoms with Crippen LogP contribution in [-0.2, 0) is 14.4 Å². The van der Waals surface area contributed by atoms with E-state index in [1.807, 2.05) is 6.92 Å². The standard InChI is InChI=1S/C30H37NO5/c1-16(2)20-15-30-13-10-21-28(3,11-5-12-29(21,4)27(35)36)22(30)14-19(20)23-24(30)26(34)31(25(23)33)17-6-8-18(32)9-7-17/h6-9,15-16,19,21-24,32H,5,10-14H2,1-4H3,(H,35,36)/t19-,21+,22-,23+,24-,28-,29+,30-/m0/s1. The highest BCUT2D eigenvalue weighted by Gasteiger charge is 2.73. The largest absolute Gasteiger partial charge is 0.508 e. The van der Waals surface area contributed by atoms with Crippen LogP contribution in [0.5, 0.6) is 5.75 Å². The van der Waals surface area contributed by atoms with E-state index in [2.05, 4.69) is 26.8 Å². The van der Waals surface area contributed by atoms with Crippen LogP contribution in [0.4, 0.5) is 5.69 Å². The summed E-state index contributed by atoms with van der Waals surface area (Å²) in [5.41, 5.74) is 0.482. The number of aliphatic carboxylic acids is 1. The number of carbonyl (C=O) groups excluding carboxylic acids is 2. The second-order valence-electron chi connectivity index (χ2n) is 13.0. The third kappa shape index (κ3) is 2.76. The molecule has 1 spiro atoms. The number of fused-ring (bicyclic) bond motifs is 1. The number of carboxylic acids is 1. The number of phenolic OH excluding ortho intramolecular Hbond substituents is 1.